The maximum absolute atomic E-state index is 13.3. The van der Waals surface area contributed by atoms with Gasteiger partial charge in [-0.15, -0.1) is 0 Å². The van der Waals surface area contributed by atoms with Gasteiger partial charge in [-0.25, -0.2) is 8.42 Å². The van der Waals surface area contributed by atoms with Crippen molar-refractivity contribution < 1.29 is 31.2 Å². The lowest BCUT2D eigenvalue weighted by Crippen LogP contribution is -2.62. The molecule has 11 heteroatoms. The van der Waals surface area contributed by atoms with Crippen molar-refractivity contribution in [1.29, 1.82) is 0 Å². The van der Waals surface area contributed by atoms with E-state index in [-0.39, 0.29) is 32.1 Å². The Hall–Kier alpha value is -2.14. The number of carbonyl (C=O) groups excluding carboxylic acids is 2. The molecule has 32 heavy (non-hydrogen) atoms. The van der Waals surface area contributed by atoms with Crippen LogP contribution in [-0.4, -0.2) is 60.4 Å². The van der Waals surface area contributed by atoms with Crippen molar-refractivity contribution in [2.45, 2.75) is 63.0 Å². The van der Waals surface area contributed by atoms with Gasteiger partial charge in [-0.1, -0.05) is 31.4 Å². The number of nitrogens with zero attached hydrogens (tertiary/aromatic N) is 2. The largest absolute Gasteiger partial charge is 0.416 e. The number of amides is 2. The number of hydrogen-bond donors (Lipinski definition) is 1. The molecule has 0 bridgehead atoms. The molecule has 1 aromatic carbocycles. The summed E-state index contributed by atoms with van der Waals surface area (Å²) in [5.41, 5.74) is -0.339. The quantitative estimate of drug-likeness (QED) is 0.709. The summed E-state index contributed by atoms with van der Waals surface area (Å²) in [6.07, 6.45) is -0.719. The minimum atomic E-state index is -4.45. The van der Waals surface area contributed by atoms with Gasteiger partial charge < -0.3 is 10.2 Å². The molecule has 0 spiro atoms. The van der Waals surface area contributed by atoms with Crippen molar-refractivity contribution in [3.63, 3.8) is 0 Å². The number of sulfonamides is 1. The van der Waals surface area contributed by atoms with Crippen molar-refractivity contribution in [2.75, 3.05) is 19.6 Å². The van der Waals surface area contributed by atoms with Crippen LogP contribution in [0.1, 0.15) is 50.2 Å². The van der Waals surface area contributed by atoms with Gasteiger partial charge in [0.05, 0.1) is 10.8 Å². The van der Waals surface area contributed by atoms with Gasteiger partial charge in [0, 0.05) is 33.1 Å². The van der Waals surface area contributed by atoms with Crippen LogP contribution in [0, 0.1) is 0 Å². The lowest BCUT2D eigenvalue weighted by molar-refractivity contribution is -0.138. The van der Waals surface area contributed by atoms with Crippen LogP contribution in [0.4, 0.5) is 13.2 Å². The topological polar surface area (TPSA) is 86.8 Å². The number of nitrogens with one attached hydrogen (secondary N) is 1. The number of piperazine rings is 1. The first-order valence-electron chi connectivity index (χ1n) is 10.7. The maximum atomic E-state index is 13.3. The summed E-state index contributed by atoms with van der Waals surface area (Å²) in [7, 11) is -3.72. The highest BCUT2D eigenvalue weighted by Gasteiger charge is 2.43. The Morgan fingerprint density at radius 3 is 2.25 bits per heavy atom. The summed E-state index contributed by atoms with van der Waals surface area (Å²) in [5.74, 6) is -0.824. The Labute approximate surface area is 186 Å². The summed E-state index contributed by atoms with van der Waals surface area (Å²) in [6.45, 7) is 1.51. The second kappa shape index (κ2) is 9.78. The third kappa shape index (κ3) is 5.61. The van der Waals surface area contributed by atoms with E-state index >= 15 is 0 Å². The van der Waals surface area contributed by atoms with Gasteiger partial charge in [-0.3, -0.25) is 9.59 Å². The normalized spacial score (nSPS) is 21.4. The van der Waals surface area contributed by atoms with Crippen LogP contribution in [-0.2, 0) is 32.3 Å². The van der Waals surface area contributed by atoms with Crippen LogP contribution < -0.4 is 5.32 Å². The second-order valence-electron chi connectivity index (χ2n) is 8.31. The molecular weight excluding hydrogens is 447 g/mol. The summed E-state index contributed by atoms with van der Waals surface area (Å²) in [6, 6.07) is 3.32. The molecule has 1 atom stereocenters. The van der Waals surface area contributed by atoms with Crippen LogP contribution in [0.3, 0.4) is 0 Å². The molecular formula is C21H28F3N3O4S. The van der Waals surface area contributed by atoms with Gasteiger partial charge in [0.25, 0.3) is 0 Å². The molecule has 3 rings (SSSR count). The minimum absolute atomic E-state index is 0.0385. The van der Waals surface area contributed by atoms with Gasteiger partial charge in [0.2, 0.25) is 21.8 Å². The Kier molecular flexibility index (Phi) is 7.49. The highest BCUT2D eigenvalue weighted by atomic mass is 32.2. The lowest BCUT2D eigenvalue weighted by Gasteiger charge is -2.41. The highest BCUT2D eigenvalue weighted by Crippen LogP contribution is 2.30. The molecule has 1 saturated carbocycles. The lowest BCUT2D eigenvalue weighted by atomic mass is 10.0. The molecule has 2 aliphatic rings. The number of carbonyl (C=O) groups is 2. The summed E-state index contributed by atoms with van der Waals surface area (Å²) >= 11 is 0. The molecule has 2 fully saturated rings. The zero-order valence-corrected chi connectivity index (χ0v) is 18.7. The molecule has 1 N–H and O–H groups in total. The van der Waals surface area contributed by atoms with Gasteiger partial charge >= 0.3 is 6.18 Å². The van der Waals surface area contributed by atoms with Gasteiger partial charge in [-0.05, 0) is 30.5 Å². The van der Waals surface area contributed by atoms with Crippen molar-refractivity contribution in [3.05, 3.63) is 35.4 Å². The molecule has 7 nitrogen and oxygen atoms in total. The van der Waals surface area contributed by atoms with Crippen molar-refractivity contribution in [3.8, 4) is 0 Å². The van der Waals surface area contributed by atoms with Gasteiger partial charge in [0.15, 0.2) is 0 Å². The van der Waals surface area contributed by atoms with Gasteiger partial charge in [0.1, 0.15) is 6.04 Å². The molecule has 1 aliphatic carbocycles. The molecule has 1 aliphatic heterocycles. The Bertz CT molecular complexity index is 929. The van der Waals surface area contributed by atoms with Crippen molar-refractivity contribution >= 4 is 21.8 Å². The Morgan fingerprint density at radius 2 is 1.69 bits per heavy atom. The molecule has 1 heterocycles. The van der Waals surface area contributed by atoms with E-state index in [0.717, 1.165) is 31.4 Å². The van der Waals surface area contributed by atoms with E-state index in [1.165, 1.54) is 28.3 Å². The maximum Gasteiger partial charge on any atom is 0.416 e. The first kappa shape index (κ1) is 24.5. The number of halogens is 3. The predicted octanol–water partition coefficient (Wildman–Crippen LogP) is 2.52. The van der Waals surface area contributed by atoms with Crippen LogP contribution in [0.25, 0.3) is 0 Å². The van der Waals surface area contributed by atoms with Crippen LogP contribution in [0.2, 0.25) is 0 Å². The van der Waals surface area contributed by atoms with E-state index < -0.39 is 39.0 Å². The first-order valence-corrected chi connectivity index (χ1v) is 12.2. The van der Waals surface area contributed by atoms with Crippen LogP contribution in [0.5, 0.6) is 0 Å². The van der Waals surface area contributed by atoms with Crippen molar-refractivity contribution in [2.24, 2.45) is 0 Å². The van der Waals surface area contributed by atoms with E-state index in [9.17, 15) is 31.2 Å². The summed E-state index contributed by atoms with van der Waals surface area (Å²) in [4.78, 5) is 26.3. The molecule has 1 unspecified atom stereocenters. The number of alkyl halides is 3. The second-order valence-corrected chi connectivity index (χ2v) is 10.5. The number of hydrogen-bond acceptors (Lipinski definition) is 4. The monoisotopic (exact) mass is 475 g/mol. The summed E-state index contributed by atoms with van der Waals surface area (Å²) < 4.78 is 65.9. The van der Waals surface area contributed by atoms with Gasteiger partial charge in [-0.2, -0.15) is 17.5 Å². The highest BCUT2D eigenvalue weighted by molar-refractivity contribution is 7.89. The number of rotatable bonds is 5. The smallest absolute Gasteiger partial charge is 0.351 e. The predicted molar refractivity (Wildman–Crippen MR) is 112 cm³/mol. The Morgan fingerprint density at radius 1 is 1.06 bits per heavy atom. The third-order valence-corrected chi connectivity index (χ3v) is 8.53. The number of benzene rings is 1. The zero-order valence-electron chi connectivity index (χ0n) is 17.9. The van der Waals surface area contributed by atoms with E-state index in [4.69, 9.17) is 0 Å². The molecule has 0 radical (unpaired) electrons. The van der Waals surface area contributed by atoms with E-state index in [1.807, 2.05) is 0 Å². The third-order valence-electron chi connectivity index (χ3n) is 6.13. The fraction of sp³-hybridized carbons (Fsp3) is 0.619. The molecule has 178 valence electrons. The average Bonchev–Trinajstić information content (AvgIpc) is 2.77. The molecule has 1 saturated heterocycles. The molecule has 0 aromatic heterocycles. The van der Waals surface area contributed by atoms with E-state index in [2.05, 4.69) is 5.32 Å². The summed E-state index contributed by atoms with van der Waals surface area (Å²) in [5, 5.41) is 2.09. The minimum Gasteiger partial charge on any atom is -0.351 e. The standard InChI is InChI=1S/C21H28F3N3O4S/c1-15(28)26-11-12-27(32(30,31)18-5-3-2-4-6-18)19(14-26)20(29)25-13-16-7-9-17(10-8-16)21(22,23)24/h7-10,18-19H,2-6,11-14H2,1H3,(H,25,29). The molecule has 2 amide bonds. The van der Waals surface area contributed by atoms with Crippen molar-refractivity contribution in [1.82, 2.24) is 14.5 Å². The average molecular weight is 476 g/mol. The first-order chi connectivity index (χ1) is 15.0. The molecule has 1 aromatic rings. The van der Waals surface area contributed by atoms with E-state index in [0.29, 0.717) is 18.4 Å². The fourth-order valence-corrected chi connectivity index (χ4v) is 6.41. The van der Waals surface area contributed by atoms with Crippen LogP contribution in [0.15, 0.2) is 24.3 Å². The Balaban J connectivity index is 1.73. The van der Waals surface area contributed by atoms with E-state index in [1.54, 1.807) is 0 Å². The van der Waals surface area contributed by atoms with Crippen LogP contribution >= 0.6 is 0 Å². The fourth-order valence-electron chi connectivity index (χ4n) is 4.24. The SMILES string of the molecule is CC(=O)N1CCN(S(=O)(=O)C2CCCCC2)C(C(=O)NCc2ccc(C(F)(F)F)cc2)C1. The zero-order chi connectivity index (χ0) is 23.5.